The average molecular weight is 249 g/mol. The molecule has 1 rings (SSSR count). The molecule has 1 aromatic carbocycles. The van der Waals surface area contributed by atoms with E-state index in [0.29, 0.717) is 10.8 Å². The maximum atomic E-state index is 8.68. The van der Waals surface area contributed by atoms with Gasteiger partial charge in [0.25, 0.3) is 0 Å². The second-order valence-corrected chi connectivity index (χ2v) is 3.41. The highest BCUT2D eigenvalue weighted by Crippen LogP contribution is 2.18. The molecule has 0 unspecified atom stereocenters. The highest BCUT2D eigenvalue weighted by molar-refractivity contribution is 6.30. The van der Waals surface area contributed by atoms with Crippen LogP contribution in [0.1, 0.15) is 0 Å². The topological polar surface area (TPSA) is 66.0 Å². The lowest BCUT2D eigenvalue weighted by molar-refractivity contribution is 0.217. The van der Waals surface area contributed by atoms with E-state index in [9.17, 15) is 0 Å². The number of ether oxygens (including phenoxy) is 2. The number of rotatable bonds is 4. The van der Waals surface area contributed by atoms with Crippen molar-refractivity contribution in [3.05, 3.63) is 40.6 Å². The molecule has 0 heterocycles. The molecule has 0 bridgehead atoms. The summed E-state index contributed by atoms with van der Waals surface area (Å²) >= 11 is 5.78. The number of hydrogen-bond acceptors (Lipinski definition) is 4. The van der Waals surface area contributed by atoms with Gasteiger partial charge in [0.1, 0.15) is 24.5 Å². The lowest BCUT2D eigenvalue weighted by atomic mass is 10.3. The van der Waals surface area contributed by atoms with Gasteiger partial charge in [-0.1, -0.05) is 17.7 Å². The molecule has 0 saturated heterocycles. The van der Waals surface area contributed by atoms with Gasteiger partial charge >= 0.3 is 0 Å². The molecule has 0 spiro atoms. The van der Waals surface area contributed by atoms with Gasteiger partial charge in [-0.05, 0) is 18.2 Å². The molecule has 0 atom stereocenters. The van der Waals surface area contributed by atoms with Gasteiger partial charge in [-0.2, -0.15) is 10.5 Å². The van der Waals surface area contributed by atoms with Crippen molar-refractivity contribution in [3.8, 4) is 17.9 Å². The van der Waals surface area contributed by atoms with Crippen molar-refractivity contribution >= 4 is 11.6 Å². The lowest BCUT2D eigenvalue weighted by Gasteiger charge is -2.08. The Morgan fingerprint density at radius 2 is 2.06 bits per heavy atom. The van der Waals surface area contributed by atoms with Crippen molar-refractivity contribution < 1.29 is 9.47 Å². The summed E-state index contributed by atoms with van der Waals surface area (Å²) in [5.41, 5.74) is -0.102. The number of allylic oxidation sites excluding steroid dienone is 1. The van der Waals surface area contributed by atoms with Crippen LogP contribution in [0.5, 0.6) is 5.75 Å². The number of nitriles is 2. The Bertz CT molecular complexity index is 496. The molecule has 0 aliphatic carbocycles. The maximum Gasteiger partial charge on any atom is 0.170 e. The van der Waals surface area contributed by atoms with Gasteiger partial charge in [0.2, 0.25) is 0 Å². The molecule has 17 heavy (non-hydrogen) atoms. The SMILES string of the molecule is COC(COc1cccc(Cl)c1)=C(C#N)C#N. The monoisotopic (exact) mass is 248 g/mol. The second kappa shape index (κ2) is 6.42. The molecule has 0 fully saturated rings. The fourth-order valence-corrected chi connectivity index (χ4v) is 1.27. The third kappa shape index (κ3) is 3.71. The summed E-state index contributed by atoms with van der Waals surface area (Å²) in [4.78, 5) is 0. The fraction of sp³-hybridized carbons (Fsp3) is 0.167. The van der Waals surface area contributed by atoms with Crippen molar-refractivity contribution in [3.63, 3.8) is 0 Å². The zero-order valence-corrected chi connectivity index (χ0v) is 9.86. The number of methoxy groups -OCH3 is 1. The predicted molar refractivity (Wildman–Crippen MR) is 62.2 cm³/mol. The van der Waals surface area contributed by atoms with E-state index >= 15 is 0 Å². The quantitative estimate of drug-likeness (QED) is 0.607. The van der Waals surface area contributed by atoms with Crippen molar-refractivity contribution in [1.29, 1.82) is 10.5 Å². The Morgan fingerprint density at radius 3 is 2.59 bits per heavy atom. The van der Waals surface area contributed by atoms with Crippen LogP contribution in [0.15, 0.2) is 35.6 Å². The molecular weight excluding hydrogens is 240 g/mol. The van der Waals surface area contributed by atoms with Crippen molar-refractivity contribution in [2.24, 2.45) is 0 Å². The summed E-state index contributed by atoms with van der Waals surface area (Å²) < 4.78 is 10.3. The van der Waals surface area contributed by atoms with E-state index in [1.165, 1.54) is 7.11 Å². The highest BCUT2D eigenvalue weighted by Gasteiger charge is 2.07. The Labute approximate surface area is 104 Å². The van der Waals surface area contributed by atoms with Crippen LogP contribution in [0.3, 0.4) is 0 Å². The summed E-state index contributed by atoms with van der Waals surface area (Å²) in [5, 5.41) is 17.9. The molecule has 0 amide bonds. The number of halogens is 1. The zero-order chi connectivity index (χ0) is 12.7. The minimum Gasteiger partial charge on any atom is -0.495 e. The minimum atomic E-state index is -0.102. The van der Waals surface area contributed by atoms with Crippen molar-refractivity contribution in [2.45, 2.75) is 0 Å². The van der Waals surface area contributed by atoms with Crippen LogP contribution in [0.4, 0.5) is 0 Å². The van der Waals surface area contributed by atoms with E-state index in [0.717, 1.165) is 0 Å². The molecular formula is C12H9ClN2O2. The summed E-state index contributed by atoms with van der Waals surface area (Å²) in [6.45, 7) is 0.00724. The molecule has 0 N–H and O–H groups in total. The molecule has 0 aliphatic rings. The van der Waals surface area contributed by atoms with E-state index in [2.05, 4.69) is 0 Å². The van der Waals surface area contributed by atoms with Crippen LogP contribution in [0.25, 0.3) is 0 Å². The van der Waals surface area contributed by atoms with E-state index in [1.54, 1.807) is 36.4 Å². The molecule has 0 aliphatic heterocycles. The normalized spacial score (nSPS) is 8.71. The van der Waals surface area contributed by atoms with Crippen LogP contribution in [0.2, 0.25) is 5.02 Å². The van der Waals surface area contributed by atoms with Gasteiger partial charge < -0.3 is 9.47 Å². The molecule has 5 heteroatoms. The minimum absolute atomic E-state index is 0.00724. The van der Waals surface area contributed by atoms with E-state index in [-0.39, 0.29) is 17.9 Å². The Hall–Kier alpha value is -2.17. The van der Waals surface area contributed by atoms with Crippen LogP contribution < -0.4 is 4.74 Å². The molecule has 0 radical (unpaired) electrons. The van der Waals surface area contributed by atoms with Crippen LogP contribution in [-0.4, -0.2) is 13.7 Å². The van der Waals surface area contributed by atoms with Gasteiger partial charge in [0.05, 0.1) is 7.11 Å². The van der Waals surface area contributed by atoms with Crippen molar-refractivity contribution in [1.82, 2.24) is 0 Å². The first-order chi connectivity index (χ1) is 8.21. The number of benzene rings is 1. The third-order valence-electron chi connectivity index (χ3n) is 1.91. The van der Waals surface area contributed by atoms with E-state index in [4.69, 9.17) is 31.6 Å². The molecule has 86 valence electrons. The summed E-state index contributed by atoms with van der Waals surface area (Å²) in [6, 6.07) is 10.3. The summed E-state index contributed by atoms with van der Waals surface area (Å²) in [6.07, 6.45) is 0. The molecule has 1 aromatic rings. The lowest BCUT2D eigenvalue weighted by Crippen LogP contribution is -2.05. The van der Waals surface area contributed by atoms with Gasteiger partial charge in [-0.15, -0.1) is 0 Å². The van der Waals surface area contributed by atoms with Gasteiger partial charge in [0, 0.05) is 5.02 Å². The van der Waals surface area contributed by atoms with Crippen LogP contribution in [0, 0.1) is 22.7 Å². The van der Waals surface area contributed by atoms with Crippen LogP contribution in [-0.2, 0) is 4.74 Å². The van der Waals surface area contributed by atoms with Gasteiger partial charge in [0.15, 0.2) is 11.3 Å². The first kappa shape index (κ1) is 12.9. The first-order valence-electron chi connectivity index (χ1n) is 4.67. The second-order valence-electron chi connectivity index (χ2n) is 2.97. The molecule has 0 aromatic heterocycles. The van der Waals surface area contributed by atoms with Gasteiger partial charge in [-0.25, -0.2) is 0 Å². The summed E-state index contributed by atoms with van der Waals surface area (Å²) in [5.74, 6) is 0.734. The Balaban J connectivity index is 2.77. The number of nitrogens with zero attached hydrogens (tertiary/aromatic N) is 2. The molecule has 0 saturated carbocycles. The van der Waals surface area contributed by atoms with Crippen LogP contribution >= 0.6 is 11.6 Å². The maximum absolute atomic E-state index is 8.68. The standard InChI is InChI=1S/C12H9ClN2O2/c1-16-12(9(6-14)7-15)8-17-11-4-2-3-10(13)5-11/h2-5H,8H2,1H3. The van der Waals surface area contributed by atoms with Crippen molar-refractivity contribution in [2.75, 3.05) is 13.7 Å². The number of hydrogen-bond donors (Lipinski definition) is 0. The Morgan fingerprint density at radius 1 is 1.35 bits per heavy atom. The average Bonchev–Trinajstić information content (AvgIpc) is 2.34. The largest absolute Gasteiger partial charge is 0.495 e. The van der Waals surface area contributed by atoms with E-state index < -0.39 is 0 Å². The van der Waals surface area contributed by atoms with E-state index in [1.807, 2.05) is 0 Å². The first-order valence-corrected chi connectivity index (χ1v) is 5.04. The zero-order valence-electron chi connectivity index (χ0n) is 9.11. The highest BCUT2D eigenvalue weighted by atomic mass is 35.5. The van der Waals surface area contributed by atoms with Gasteiger partial charge in [-0.3, -0.25) is 0 Å². The fourth-order valence-electron chi connectivity index (χ4n) is 1.09. The third-order valence-corrected chi connectivity index (χ3v) is 2.15. The molecule has 4 nitrogen and oxygen atoms in total. The summed E-state index contributed by atoms with van der Waals surface area (Å²) in [7, 11) is 1.38. The smallest absolute Gasteiger partial charge is 0.170 e. The Kier molecular flexibility index (Phi) is 4.87. The predicted octanol–water partition coefficient (Wildman–Crippen LogP) is 2.67.